The summed E-state index contributed by atoms with van der Waals surface area (Å²) in [4.78, 5) is 10.6. The maximum absolute atomic E-state index is 13.3. The van der Waals surface area contributed by atoms with E-state index in [1.165, 1.54) is 16.4 Å². The summed E-state index contributed by atoms with van der Waals surface area (Å²) < 4.78 is 41.2. The fourth-order valence-electron chi connectivity index (χ4n) is 3.76. The Morgan fingerprint density at radius 3 is 2.40 bits per heavy atom. The van der Waals surface area contributed by atoms with Crippen molar-refractivity contribution in [3.05, 3.63) is 78.1 Å². The third-order valence-corrected chi connectivity index (χ3v) is 7.05. The molecule has 154 valence electrons. The summed E-state index contributed by atoms with van der Waals surface area (Å²) in [5, 5.41) is 10.5. The number of carboxylic acid groups (broad SMARTS) is 1. The molecule has 1 heterocycles. The Hall–Kier alpha value is -1.51. The summed E-state index contributed by atoms with van der Waals surface area (Å²) >= 11 is 0. The second-order valence-corrected chi connectivity index (χ2v) is 8.98. The number of aliphatic carboxylic acids is 1. The van der Waals surface area contributed by atoms with Crippen molar-refractivity contribution in [3.8, 4) is 0 Å². The van der Waals surface area contributed by atoms with Crippen LogP contribution in [0.5, 0.6) is 0 Å². The first kappa shape index (κ1) is 24.8. The van der Waals surface area contributed by atoms with Crippen molar-refractivity contribution in [2.75, 3.05) is 6.54 Å². The smallest absolute Gasteiger partial charge is 0.550 e. The van der Waals surface area contributed by atoms with E-state index in [9.17, 15) is 22.7 Å². The molecule has 0 radical (unpaired) electrons. The molecule has 30 heavy (non-hydrogen) atoms. The predicted octanol–water partition coefficient (Wildman–Crippen LogP) is 0.0580. The van der Waals surface area contributed by atoms with E-state index in [1.54, 1.807) is 6.08 Å². The molecule has 8 heteroatoms. The van der Waals surface area contributed by atoms with E-state index in [1.807, 2.05) is 36.4 Å². The van der Waals surface area contributed by atoms with Crippen LogP contribution in [0, 0.1) is 11.7 Å². The van der Waals surface area contributed by atoms with Gasteiger partial charge in [-0.3, -0.25) is 0 Å². The average molecular weight is 439 g/mol. The van der Waals surface area contributed by atoms with Gasteiger partial charge in [-0.05, 0) is 61.4 Å². The molecule has 1 saturated heterocycles. The van der Waals surface area contributed by atoms with Crippen LogP contribution in [0.1, 0.15) is 37.3 Å². The minimum atomic E-state index is -3.78. The quantitative estimate of drug-likeness (QED) is 0.431. The Balaban J connectivity index is 0.00000320. The topological polar surface area (TPSA) is 77.5 Å². The van der Waals surface area contributed by atoms with Gasteiger partial charge in [0.2, 0.25) is 10.0 Å². The number of hydrogen-bond acceptors (Lipinski definition) is 4. The Kier molecular flexibility index (Phi) is 9.25. The van der Waals surface area contributed by atoms with Crippen molar-refractivity contribution in [3.63, 3.8) is 0 Å². The number of hydrogen-bond donors (Lipinski definition) is 0. The monoisotopic (exact) mass is 439 g/mol. The molecule has 0 amide bonds. The number of carboxylic acids is 1. The van der Waals surface area contributed by atoms with Gasteiger partial charge in [0.1, 0.15) is 5.82 Å². The van der Waals surface area contributed by atoms with Gasteiger partial charge in [0.05, 0.1) is 10.9 Å². The van der Waals surface area contributed by atoms with E-state index in [4.69, 9.17) is 0 Å². The van der Waals surface area contributed by atoms with Gasteiger partial charge in [-0.25, -0.2) is 12.8 Å². The zero-order valence-electron chi connectivity index (χ0n) is 16.9. The van der Waals surface area contributed by atoms with E-state index in [0.29, 0.717) is 25.8 Å². The van der Waals surface area contributed by atoms with Gasteiger partial charge in [-0.1, -0.05) is 42.5 Å². The number of halogens is 1. The molecule has 0 aromatic heterocycles. The molecular formula is C22H23FNNaO4S. The Morgan fingerprint density at radius 1 is 1.10 bits per heavy atom. The van der Waals surface area contributed by atoms with Gasteiger partial charge >= 0.3 is 29.6 Å². The van der Waals surface area contributed by atoms with Crippen molar-refractivity contribution in [1.29, 1.82) is 0 Å². The van der Waals surface area contributed by atoms with E-state index >= 15 is 0 Å². The van der Waals surface area contributed by atoms with Crippen molar-refractivity contribution in [2.24, 2.45) is 5.92 Å². The molecule has 5 nitrogen and oxygen atoms in total. The zero-order valence-corrected chi connectivity index (χ0v) is 19.7. The molecule has 0 unspecified atom stereocenters. The van der Waals surface area contributed by atoms with Crippen molar-refractivity contribution >= 4 is 16.0 Å². The molecule has 0 aliphatic carbocycles. The van der Waals surface area contributed by atoms with Crippen LogP contribution in [0.3, 0.4) is 0 Å². The fourth-order valence-corrected chi connectivity index (χ4v) is 5.45. The molecule has 0 N–H and O–H groups in total. The van der Waals surface area contributed by atoms with Crippen LogP contribution in [0.4, 0.5) is 4.39 Å². The molecule has 1 aliphatic rings. The minimum Gasteiger partial charge on any atom is -0.550 e. The van der Waals surface area contributed by atoms with Crippen LogP contribution in [0.25, 0.3) is 0 Å². The van der Waals surface area contributed by atoms with E-state index in [2.05, 4.69) is 0 Å². The van der Waals surface area contributed by atoms with Crippen LogP contribution >= 0.6 is 0 Å². The summed E-state index contributed by atoms with van der Waals surface area (Å²) in [5.41, 5.74) is 0.906. The molecule has 3 rings (SSSR count). The molecule has 1 fully saturated rings. The second kappa shape index (κ2) is 11.2. The van der Waals surface area contributed by atoms with Crippen molar-refractivity contribution in [2.45, 2.75) is 36.6 Å². The molecule has 0 saturated carbocycles. The summed E-state index contributed by atoms with van der Waals surface area (Å²) in [6.07, 6.45) is 5.40. The number of allylic oxidation sites excluding steroid dienone is 2. The van der Waals surface area contributed by atoms with Gasteiger partial charge in [-0.15, -0.1) is 0 Å². The van der Waals surface area contributed by atoms with Crippen LogP contribution in [0.15, 0.2) is 71.6 Å². The summed E-state index contributed by atoms with van der Waals surface area (Å²) in [6.45, 7) is 0.372. The fraction of sp³-hybridized carbons (Fsp3) is 0.318. The number of carbonyl (C=O) groups is 1. The van der Waals surface area contributed by atoms with Crippen LogP contribution in [-0.2, 0) is 14.8 Å². The van der Waals surface area contributed by atoms with Crippen LogP contribution in [-0.4, -0.2) is 25.2 Å². The van der Waals surface area contributed by atoms with Crippen molar-refractivity contribution in [1.82, 2.24) is 4.31 Å². The van der Waals surface area contributed by atoms with Gasteiger partial charge in [-0.2, -0.15) is 4.31 Å². The molecule has 2 aromatic carbocycles. The molecule has 0 bridgehead atoms. The standard InChI is InChI=1S/C22H24FNO4S.Na/c23-19-11-13-20(14-12-19)29(27,28)24-16-15-18(9-5-2-6-10-21(25)26)22(24)17-7-3-1-4-8-17;/h1-5,7-8,11-14,18,22H,6,9-10,15-16H2,(H,25,26);/q;+1/p-1/b5-2-;/t18-,22-;/m1./s1. The Morgan fingerprint density at radius 2 is 1.77 bits per heavy atom. The third kappa shape index (κ3) is 6.02. The van der Waals surface area contributed by atoms with E-state index in [-0.39, 0.29) is 52.8 Å². The Bertz CT molecular complexity index is 964. The number of nitrogens with zero attached hydrogens (tertiary/aromatic N) is 1. The average Bonchev–Trinajstić information content (AvgIpc) is 3.13. The van der Waals surface area contributed by atoms with Gasteiger partial charge in [0.25, 0.3) is 0 Å². The van der Waals surface area contributed by atoms with E-state index < -0.39 is 21.8 Å². The van der Waals surface area contributed by atoms with E-state index in [0.717, 1.165) is 17.7 Å². The molecule has 0 spiro atoms. The minimum absolute atomic E-state index is 0. The molecule has 1 aliphatic heterocycles. The first-order chi connectivity index (χ1) is 13.9. The van der Waals surface area contributed by atoms with Crippen LogP contribution in [0.2, 0.25) is 0 Å². The molecule has 2 atom stereocenters. The van der Waals surface area contributed by atoms with Gasteiger partial charge < -0.3 is 9.90 Å². The van der Waals surface area contributed by atoms with Gasteiger partial charge in [0.15, 0.2) is 0 Å². The Labute approximate surface area is 198 Å². The number of benzene rings is 2. The normalized spacial score (nSPS) is 19.6. The maximum Gasteiger partial charge on any atom is 1.00 e. The number of sulfonamides is 1. The number of rotatable bonds is 8. The first-order valence-corrected chi connectivity index (χ1v) is 11.0. The summed E-state index contributed by atoms with van der Waals surface area (Å²) in [7, 11) is -3.78. The second-order valence-electron chi connectivity index (χ2n) is 7.09. The third-order valence-electron chi connectivity index (χ3n) is 5.16. The zero-order chi connectivity index (χ0) is 20.9. The predicted molar refractivity (Wildman–Crippen MR) is 106 cm³/mol. The largest absolute Gasteiger partial charge is 1.00 e. The summed E-state index contributed by atoms with van der Waals surface area (Å²) in [5.74, 6) is -1.51. The molecule has 2 aromatic rings. The van der Waals surface area contributed by atoms with Crippen molar-refractivity contribution < 1.29 is 52.3 Å². The first-order valence-electron chi connectivity index (χ1n) is 9.57. The SMILES string of the molecule is O=C([O-])CC/C=C\C[C@@H]1CCN(S(=O)(=O)c2ccc(F)cc2)[C@@H]1c1ccccc1.[Na+]. The maximum atomic E-state index is 13.3. The number of carbonyl (C=O) groups excluding carboxylic acids is 1. The van der Waals surface area contributed by atoms with Gasteiger partial charge in [0, 0.05) is 12.5 Å². The summed E-state index contributed by atoms with van der Waals surface area (Å²) in [6, 6.07) is 14.0. The van der Waals surface area contributed by atoms with Crippen LogP contribution < -0.4 is 34.7 Å². The molecular weight excluding hydrogens is 416 g/mol.